The number of unbranched alkanes of at least 4 members (excludes halogenated alkanes) is 2. The van der Waals surface area contributed by atoms with Crippen molar-refractivity contribution in [1.82, 2.24) is 49.3 Å². The zero-order valence-electron chi connectivity index (χ0n) is 38.9. The number of aromatic nitrogens is 8. The highest BCUT2D eigenvalue weighted by molar-refractivity contribution is 5.87. The van der Waals surface area contributed by atoms with Gasteiger partial charge in [-0.3, -0.25) is 9.80 Å². The van der Waals surface area contributed by atoms with Gasteiger partial charge in [-0.2, -0.15) is 30.1 Å². The van der Waals surface area contributed by atoms with Crippen molar-refractivity contribution in [3.63, 3.8) is 0 Å². The highest BCUT2D eigenvalue weighted by Crippen LogP contribution is 2.27. The van der Waals surface area contributed by atoms with Gasteiger partial charge in [0.2, 0.25) is 0 Å². The molecular formula is C50H62F2N12O3. The molecule has 0 bridgehead atoms. The molecule has 7 aromatic rings. The van der Waals surface area contributed by atoms with Gasteiger partial charge in [0.1, 0.15) is 29.0 Å². The number of benzene rings is 3. The van der Waals surface area contributed by atoms with E-state index in [-0.39, 0.29) is 17.6 Å². The van der Waals surface area contributed by atoms with E-state index in [1.54, 1.807) is 41.0 Å². The van der Waals surface area contributed by atoms with Crippen LogP contribution in [0.1, 0.15) is 93.0 Å². The van der Waals surface area contributed by atoms with Gasteiger partial charge >= 0.3 is 12.0 Å². The molecule has 4 aromatic heterocycles. The zero-order chi connectivity index (χ0) is 46.5. The van der Waals surface area contributed by atoms with Gasteiger partial charge in [0, 0.05) is 30.8 Å². The Kier molecular flexibility index (Phi) is 16.0. The third kappa shape index (κ3) is 12.3. The van der Waals surface area contributed by atoms with Crippen LogP contribution in [0.5, 0.6) is 17.8 Å². The van der Waals surface area contributed by atoms with Gasteiger partial charge in [0.25, 0.3) is 0 Å². The lowest BCUT2D eigenvalue weighted by Crippen LogP contribution is -2.19. The minimum absolute atomic E-state index is 0.175. The van der Waals surface area contributed by atoms with Crippen molar-refractivity contribution >= 4 is 33.7 Å². The smallest absolute Gasteiger partial charge is 0.320 e. The Morgan fingerprint density at radius 1 is 0.612 bits per heavy atom. The number of likely N-dealkylation sites (tertiary alicyclic amines) is 2. The van der Waals surface area contributed by atoms with Crippen LogP contribution < -0.4 is 25.3 Å². The zero-order valence-corrected chi connectivity index (χ0v) is 38.9. The Bertz CT molecular complexity index is 2700. The van der Waals surface area contributed by atoms with E-state index >= 15 is 0 Å². The van der Waals surface area contributed by atoms with Crippen molar-refractivity contribution in [1.29, 1.82) is 0 Å². The minimum Gasteiger partial charge on any atom is -0.497 e. The van der Waals surface area contributed by atoms with E-state index in [0.717, 1.165) is 90.8 Å². The van der Waals surface area contributed by atoms with E-state index in [9.17, 15) is 8.78 Å². The molecule has 0 spiro atoms. The van der Waals surface area contributed by atoms with Crippen molar-refractivity contribution in [2.24, 2.45) is 0 Å². The summed E-state index contributed by atoms with van der Waals surface area (Å²) >= 11 is 0. The van der Waals surface area contributed by atoms with Crippen LogP contribution in [0.15, 0.2) is 73.1 Å². The van der Waals surface area contributed by atoms with Gasteiger partial charge < -0.3 is 25.3 Å². The van der Waals surface area contributed by atoms with Crippen LogP contribution >= 0.6 is 0 Å². The molecule has 6 heterocycles. The van der Waals surface area contributed by atoms with E-state index in [4.69, 9.17) is 19.9 Å². The number of anilines is 2. The summed E-state index contributed by atoms with van der Waals surface area (Å²) in [5, 5.41) is 13.8. The predicted molar refractivity (Wildman–Crippen MR) is 256 cm³/mol. The lowest BCUT2D eigenvalue weighted by molar-refractivity contribution is 0.286. The van der Waals surface area contributed by atoms with Crippen LogP contribution in [-0.4, -0.2) is 95.8 Å². The Morgan fingerprint density at radius 3 is 1.61 bits per heavy atom. The standard InChI is InChI=1S/C29H35FN6O2.C21H27FN6O/c1-3-4-15-38-29-33-27(31-17-21-8-11-24(37-2)12-9-21)25-18-32-36(28(25)34-29)19-22-7-10-23(26(30)16-22)20-35-13-5-6-14-35;1-2-3-10-29-21-25-19(23)17-12-24-28(20(17)26-21)13-15-6-7-16(18(22)11-15)14-27-8-4-5-9-27/h7-12,16,18H,3-6,13-15,17,19-20H2,1-2H3,(H,31,33,34);6-7,11-12H,2-5,8-10,13-14H2,1H3,(H2,23,25,26). The van der Waals surface area contributed by atoms with Crippen molar-refractivity contribution in [3.05, 3.63) is 113 Å². The number of halogens is 2. The Balaban J connectivity index is 0.000000188. The molecule has 9 rings (SSSR count). The maximum atomic E-state index is 14.9. The fourth-order valence-corrected chi connectivity index (χ4v) is 8.28. The normalized spacial score (nSPS) is 14.2. The number of ether oxygens (including phenoxy) is 3. The second-order valence-corrected chi connectivity index (χ2v) is 17.2. The van der Waals surface area contributed by atoms with E-state index < -0.39 is 0 Å². The van der Waals surface area contributed by atoms with Crippen molar-refractivity contribution < 1.29 is 23.0 Å². The Hall–Kier alpha value is -6.46. The molecule has 0 unspecified atom stereocenters. The third-order valence-electron chi connectivity index (χ3n) is 12.1. The predicted octanol–water partition coefficient (Wildman–Crippen LogP) is 8.78. The molecule has 67 heavy (non-hydrogen) atoms. The highest BCUT2D eigenvalue weighted by atomic mass is 19.1. The first-order chi connectivity index (χ1) is 32.8. The number of nitrogens with zero attached hydrogens (tertiary/aromatic N) is 10. The molecule has 0 saturated carbocycles. The molecule has 17 heteroatoms. The molecule has 2 fully saturated rings. The Labute approximate surface area is 390 Å². The van der Waals surface area contributed by atoms with Crippen LogP contribution in [-0.2, 0) is 32.7 Å². The van der Waals surface area contributed by atoms with Crippen LogP contribution in [0.2, 0.25) is 0 Å². The van der Waals surface area contributed by atoms with Gasteiger partial charge in [0.15, 0.2) is 11.3 Å². The van der Waals surface area contributed by atoms with Crippen molar-refractivity contribution in [2.75, 3.05) is 57.6 Å². The van der Waals surface area contributed by atoms with Gasteiger partial charge in [-0.15, -0.1) is 0 Å². The lowest BCUT2D eigenvalue weighted by Gasteiger charge is -2.15. The highest BCUT2D eigenvalue weighted by Gasteiger charge is 2.19. The summed E-state index contributed by atoms with van der Waals surface area (Å²) in [4.78, 5) is 22.5. The molecular weight excluding hydrogens is 855 g/mol. The summed E-state index contributed by atoms with van der Waals surface area (Å²) < 4.78 is 49.8. The van der Waals surface area contributed by atoms with Crippen LogP contribution in [0.3, 0.4) is 0 Å². The van der Waals surface area contributed by atoms with E-state index in [0.29, 0.717) is 80.3 Å². The second-order valence-electron chi connectivity index (χ2n) is 17.2. The van der Waals surface area contributed by atoms with Gasteiger partial charge in [-0.05, 0) is 106 Å². The molecule has 0 amide bonds. The third-order valence-corrected chi connectivity index (χ3v) is 12.1. The monoisotopic (exact) mass is 917 g/mol. The average Bonchev–Trinajstić information content (AvgIpc) is 4.19. The van der Waals surface area contributed by atoms with Crippen LogP contribution in [0.25, 0.3) is 22.1 Å². The van der Waals surface area contributed by atoms with E-state index in [2.05, 4.69) is 59.1 Å². The van der Waals surface area contributed by atoms with Crippen LogP contribution in [0.4, 0.5) is 20.4 Å². The number of hydrogen-bond donors (Lipinski definition) is 2. The lowest BCUT2D eigenvalue weighted by atomic mass is 10.1. The SMILES string of the molecule is CCCCOc1nc(N)c2cnn(Cc3ccc(CN4CCCC4)c(F)c3)c2n1.CCCCOc1nc(NCc2ccc(OC)cc2)c2cnn(Cc3ccc(CN4CCCC4)c(F)c3)c2n1. The molecule has 0 radical (unpaired) electrons. The first-order valence-electron chi connectivity index (χ1n) is 23.6. The second kappa shape index (κ2) is 22.8. The summed E-state index contributed by atoms with van der Waals surface area (Å²) in [6, 6.07) is 19.3. The first kappa shape index (κ1) is 47.0. The van der Waals surface area contributed by atoms with Crippen molar-refractivity contribution in [3.8, 4) is 17.8 Å². The minimum atomic E-state index is -0.177. The van der Waals surface area contributed by atoms with Gasteiger partial charge in [-0.1, -0.05) is 63.1 Å². The summed E-state index contributed by atoms with van der Waals surface area (Å²) in [6.07, 6.45) is 12.0. The molecule has 0 atom stereocenters. The molecule has 2 aliphatic rings. The summed E-state index contributed by atoms with van der Waals surface area (Å²) in [7, 11) is 1.65. The fourth-order valence-electron chi connectivity index (χ4n) is 8.28. The number of rotatable bonds is 20. The number of nitrogen functional groups attached to an aromatic ring is 1. The summed E-state index contributed by atoms with van der Waals surface area (Å²) in [6.45, 7) is 12.1. The van der Waals surface area contributed by atoms with Crippen molar-refractivity contribution in [2.45, 2.75) is 97.9 Å². The fraction of sp³-hybridized carbons (Fsp3) is 0.440. The maximum Gasteiger partial charge on any atom is 0.320 e. The molecule has 3 N–H and O–H groups in total. The molecule has 15 nitrogen and oxygen atoms in total. The average molecular weight is 917 g/mol. The van der Waals surface area contributed by atoms with Crippen LogP contribution in [0, 0.1) is 11.6 Å². The number of methoxy groups -OCH3 is 1. The number of nitrogens with two attached hydrogens (primary N) is 1. The number of hydrogen-bond acceptors (Lipinski definition) is 13. The molecule has 2 aliphatic heterocycles. The van der Waals surface area contributed by atoms with E-state index in [1.807, 2.05) is 48.5 Å². The molecule has 0 aliphatic carbocycles. The number of nitrogens with one attached hydrogen (secondary N) is 1. The molecule has 354 valence electrons. The summed E-state index contributed by atoms with van der Waals surface area (Å²) in [5.41, 5.74) is 11.5. The number of fused-ring (bicyclic) bond motifs is 2. The Morgan fingerprint density at radius 2 is 1.10 bits per heavy atom. The summed E-state index contributed by atoms with van der Waals surface area (Å²) in [5.74, 6) is 1.44. The van der Waals surface area contributed by atoms with Gasteiger partial charge in [0.05, 0.1) is 56.6 Å². The quantitative estimate of drug-likeness (QED) is 0.0700. The largest absolute Gasteiger partial charge is 0.497 e. The molecule has 2 saturated heterocycles. The van der Waals surface area contributed by atoms with E-state index in [1.165, 1.54) is 25.7 Å². The molecule has 3 aromatic carbocycles. The maximum absolute atomic E-state index is 14.9. The topological polar surface area (TPSA) is 159 Å². The first-order valence-corrected chi connectivity index (χ1v) is 23.6. The van der Waals surface area contributed by atoms with Gasteiger partial charge in [-0.25, -0.2) is 18.1 Å².